The second-order valence-electron chi connectivity index (χ2n) is 6.68. The van der Waals surface area contributed by atoms with E-state index in [1.807, 2.05) is 36.1 Å². The lowest BCUT2D eigenvalue weighted by atomic mass is 9.92. The van der Waals surface area contributed by atoms with Crippen molar-refractivity contribution in [3.8, 4) is 5.75 Å². The molecule has 2 N–H and O–H groups in total. The quantitative estimate of drug-likeness (QED) is 0.893. The molecule has 0 radical (unpaired) electrons. The van der Waals surface area contributed by atoms with Crippen molar-refractivity contribution >= 4 is 11.9 Å². The smallest absolute Gasteiger partial charge is 0.222 e. The van der Waals surface area contributed by atoms with Crippen LogP contribution in [-0.4, -0.2) is 41.0 Å². The summed E-state index contributed by atoms with van der Waals surface area (Å²) in [7, 11) is 1.66. The van der Waals surface area contributed by atoms with E-state index in [0.29, 0.717) is 24.7 Å². The molecule has 6 nitrogen and oxygen atoms in total. The highest BCUT2D eigenvalue weighted by atomic mass is 16.5. The average molecular weight is 354 g/mol. The molecular formula is C20H26N4O2. The molecule has 2 heterocycles. The summed E-state index contributed by atoms with van der Waals surface area (Å²) >= 11 is 0. The molecule has 0 bridgehead atoms. The number of ether oxygens (including phenoxy) is 1. The van der Waals surface area contributed by atoms with Crippen molar-refractivity contribution in [1.82, 2.24) is 14.9 Å². The monoisotopic (exact) mass is 354 g/mol. The van der Waals surface area contributed by atoms with Gasteiger partial charge in [-0.1, -0.05) is 19.1 Å². The summed E-state index contributed by atoms with van der Waals surface area (Å²) in [4.78, 5) is 22.6. The Balaban J connectivity index is 1.70. The van der Waals surface area contributed by atoms with Gasteiger partial charge in [-0.2, -0.15) is 0 Å². The Bertz CT molecular complexity index is 753. The Hall–Kier alpha value is -2.63. The summed E-state index contributed by atoms with van der Waals surface area (Å²) in [5.74, 6) is 1.71. The number of hydrogen-bond donors (Lipinski definition) is 1. The number of aromatic nitrogens is 2. The minimum atomic E-state index is 0.228. The Kier molecular flexibility index (Phi) is 5.71. The molecule has 0 unspecified atom stereocenters. The van der Waals surface area contributed by atoms with Gasteiger partial charge in [0.15, 0.2) is 0 Å². The van der Waals surface area contributed by atoms with Gasteiger partial charge in [0.25, 0.3) is 0 Å². The van der Waals surface area contributed by atoms with E-state index in [9.17, 15) is 4.79 Å². The summed E-state index contributed by atoms with van der Waals surface area (Å²) in [5, 5.41) is 0. The number of likely N-dealkylation sites (tertiary alicyclic amines) is 1. The maximum Gasteiger partial charge on any atom is 0.222 e. The third-order valence-corrected chi connectivity index (χ3v) is 4.93. The molecule has 1 amide bonds. The van der Waals surface area contributed by atoms with Crippen molar-refractivity contribution in [2.24, 2.45) is 0 Å². The second-order valence-corrected chi connectivity index (χ2v) is 6.68. The first-order valence-corrected chi connectivity index (χ1v) is 9.13. The van der Waals surface area contributed by atoms with Gasteiger partial charge in [-0.3, -0.25) is 4.79 Å². The summed E-state index contributed by atoms with van der Waals surface area (Å²) < 4.78 is 5.20. The first-order chi connectivity index (χ1) is 12.6. The third-order valence-electron chi connectivity index (χ3n) is 4.93. The molecule has 0 aliphatic carbocycles. The zero-order valence-electron chi connectivity index (χ0n) is 15.4. The fraction of sp³-hybridized carbons (Fsp3) is 0.450. The van der Waals surface area contributed by atoms with Gasteiger partial charge in [-0.05, 0) is 36.6 Å². The van der Waals surface area contributed by atoms with Gasteiger partial charge in [-0.25, -0.2) is 9.97 Å². The third kappa shape index (κ3) is 4.31. The molecule has 1 aromatic heterocycles. The molecule has 1 saturated heterocycles. The van der Waals surface area contributed by atoms with Crippen LogP contribution in [0, 0.1) is 0 Å². The van der Waals surface area contributed by atoms with E-state index in [-0.39, 0.29) is 5.91 Å². The number of nitrogens with zero attached hydrogens (tertiary/aromatic N) is 3. The maximum atomic E-state index is 11.8. The summed E-state index contributed by atoms with van der Waals surface area (Å²) in [6, 6.07) is 10.0. The van der Waals surface area contributed by atoms with Crippen LogP contribution in [0.4, 0.5) is 5.95 Å². The van der Waals surface area contributed by atoms with Crippen LogP contribution in [0.2, 0.25) is 0 Å². The minimum Gasteiger partial charge on any atom is -0.497 e. The molecule has 1 aliphatic heterocycles. The lowest BCUT2D eigenvalue weighted by Crippen LogP contribution is -2.37. The van der Waals surface area contributed by atoms with Gasteiger partial charge in [0, 0.05) is 37.5 Å². The van der Waals surface area contributed by atoms with Crippen LogP contribution in [0.1, 0.15) is 49.1 Å². The van der Waals surface area contributed by atoms with Gasteiger partial charge in [0.2, 0.25) is 11.9 Å². The zero-order valence-corrected chi connectivity index (χ0v) is 15.4. The fourth-order valence-corrected chi connectivity index (χ4v) is 3.44. The van der Waals surface area contributed by atoms with Crippen LogP contribution >= 0.6 is 0 Å². The highest BCUT2D eigenvalue weighted by molar-refractivity contribution is 5.75. The number of carbonyl (C=O) groups excluding carboxylic acids is 1. The molecule has 1 aliphatic rings. The van der Waals surface area contributed by atoms with E-state index in [1.165, 1.54) is 0 Å². The van der Waals surface area contributed by atoms with E-state index >= 15 is 0 Å². The molecule has 138 valence electrons. The Morgan fingerprint density at radius 3 is 2.54 bits per heavy atom. The van der Waals surface area contributed by atoms with Gasteiger partial charge in [0.1, 0.15) is 5.75 Å². The molecule has 26 heavy (non-hydrogen) atoms. The zero-order chi connectivity index (χ0) is 18.5. The van der Waals surface area contributed by atoms with E-state index in [4.69, 9.17) is 10.5 Å². The number of nitrogens with two attached hydrogens (primary N) is 1. The van der Waals surface area contributed by atoms with Gasteiger partial charge in [0.05, 0.1) is 12.8 Å². The summed E-state index contributed by atoms with van der Waals surface area (Å²) in [5.41, 5.74) is 9.02. The SMILES string of the molecule is CCC(=O)N1CCC(c2cc(Cc3ccc(OC)cc3)nc(N)n2)CC1. The highest BCUT2D eigenvalue weighted by Gasteiger charge is 2.24. The predicted octanol–water partition coefficient (Wildman–Crippen LogP) is 2.77. The molecule has 1 fully saturated rings. The number of hydrogen-bond acceptors (Lipinski definition) is 5. The van der Waals surface area contributed by atoms with Crippen molar-refractivity contribution in [1.29, 1.82) is 0 Å². The summed E-state index contributed by atoms with van der Waals surface area (Å²) in [6.45, 7) is 3.48. The molecule has 3 rings (SSSR count). The maximum absolute atomic E-state index is 11.8. The van der Waals surface area contributed by atoms with Crippen molar-refractivity contribution in [3.05, 3.63) is 47.3 Å². The average Bonchev–Trinajstić information content (AvgIpc) is 2.67. The number of anilines is 1. The topological polar surface area (TPSA) is 81.3 Å². The lowest BCUT2D eigenvalue weighted by molar-refractivity contribution is -0.131. The second kappa shape index (κ2) is 8.17. The Morgan fingerprint density at radius 2 is 1.92 bits per heavy atom. The number of nitrogen functional groups attached to an aromatic ring is 1. The van der Waals surface area contributed by atoms with E-state index < -0.39 is 0 Å². The molecule has 0 saturated carbocycles. The van der Waals surface area contributed by atoms with Crippen LogP contribution in [0.3, 0.4) is 0 Å². The van der Waals surface area contributed by atoms with E-state index in [0.717, 1.165) is 48.6 Å². The molecule has 0 atom stereocenters. The van der Waals surface area contributed by atoms with Crippen LogP contribution in [0.5, 0.6) is 5.75 Å². The van der Waals surface area contributed by atoms with Crippen molar-refractivity contribution in [3.63, 3.8) is 0 Å². The first kappa shape index (κ1) is 18.2. The van der Waals surface area contributed by atoms with Crippen LogP contribution in [0.15, 0.2) is 30.3 Å². The lowest BCUT2D eigenvalue weighted by Gasteiger charge is -2.31. The highest BCUT2D eigenvalue weighted by Crippen LogP contribution is 2.28. The number of piperidine rings is 1. The van der Waals surface area contributed by atoms with Crippen molar-refractivity contribution in [2.75, 3.05) is 25.9 Å². The Labute approximate surface area is 154 Å². The van der Waals surface area contributed by atoms with Gasteiger partial charge < -0.3 is 15.4 Å². The van der Waals surface area contributed by atoms with Crippen LogP contribution in [-0.2, 0) is 11.2 Å². The van der Waals surface area contributed by atoms with E-state index in [2.05, 4.69) is 16.0 Å². The normalized spacial score (nSPS) is 15.1. The minimum absolute atomic E-state index is 0.228. The van der Waals surface area contributed by atoms with Crippen LogP contribution < -0.4 is 10.5 Å². The molecular weight excluding hydrogens is 328 g/mol. The number of rotatable bonds is 5. The standard InChI is InChI=1S/C20H26N4O2/c1-3-19(25)24-10-8-15(9-11-24)18-13-16(22-20(21)23-18)12-14-4-6-17(26-2)7-5-14/h4-7,13,15H,3,8-12H2,1-2H3,(H2,21,22,23). The molecule has 1 aromatic carbocycles. The largest absolute Gasteiger partial charge is 0.497 e. The predicted molar refractivity (Wildman–Crippen MR) is 101 cm³/mol. The first-order valence-electron chi connectivity index (χ1n) is 9.13. The molecule has 2 aromatic rings. The molecule has 0 spiro atoms. The Morgan fingerprint density at radius 1 is 1.23 bits per heavy atom. The van der Waals surface area contributed by atoms with Crippen LogP contribution in [0.25, 0.3) is 0 Å². The number of carbonyl (C=O) groups is 1. The number of methoxy groups -OCH3 is 1. The van der Waals surface area contributed by atoms with Crippen molar-refractivity contribution in [2.45, 2.75) is 38.5 Å². The number of amides is 1. The van der Waals surface area contributed by atoms with E-state index in [1.54, 1.807) is 7.11 Å². The van der Waals surface area contributed by atoms with Gasteiger partial charge in [-0.15, -0.1) is 0 Å². The fourth-order valence-electron chi connectivity index (χ4n) is 3.44. The summed E-state index contributed by atoms with van der Waals surface area (Å²) in [6.07, 6.45) is 3.11. The van der Waals surface area contributed by atoms with Gasteiger partial charge >= 0.3 is 0 Å². The molecule has 6 heteroatoms. The van der Waals surface area contributed by atoms with Crippen molar-refractivity contribution < 1.29 is 9.53 Å². The number of benzene rings is 1.